The maximum atomic E-state index is 13.5. The SMILES string of the molecule is Cc1c(F)cc(Br)c(O)c1-c1cc(N)n[nH]1. The molecule has 0 saturated heterocycles. The van der Waals surface area contributed by atoms with Crippen molar-refractivity contribution in [1.29, 1.82) is 0 Å². The number of aromatic amines is 1. The zero-order chi connectivity index (χ0) is 11.9. The van der Waals surface area contributed by atoms with Crippen molar-refractivity contribution in [3.63, 3.8) is 0 Å². The minimum atomic E-state index is -0.409. The van der Waals surface area contributed by atoms with Gasteiger partial charge in [-0.05, 0) is 34.5 Å². The van der Waals surface area contributed by atoms with Crippen molar-refractivity contribution in [3.8, 4) is 17.0 Å². The van der Waals surface area contributed by atoms with Crippen molar-refractivity contribution in [1.82, 2.24) is 10.2 Å². The van der Waals surface area contributed by atoms with Crippen LogP contribution in [0.3, 0.4) is 0 Å². The largest absolute Gasteiger partial charge is 0.506 e. The van der Waals surface area contributed by atoms with E-state index in [0.29, 0.717) is 21.3 Å². The third-order valence-electron chi connectivity index (χ3n) is 2.32. The zero-order valence-electron chi connectivity index (χ0n) is 8.38. The van der Waals surface area contributed by atoms with E-state index >= 15 is 0 Å². The van der Waals surface area contributed by atoms with Crippen molar-refractivity contribution >= 4 is 21.7 Å². The van der Waals surface area contributed by atoms with Gasteiger partial charge in [-0.15, -0.1) is 0 Å². The Hall–Kier alpha value is -1.56. The number of nitrogen functional groups attached to an aromatic ring is 1. The van der Waals surface area contributed by atoms with E-state index in [-0.39, 0.29) is 11.6 Å². The molecule has 4 N–H and O–H groups in total. The van der Waals surface area contributed by atoms with Crippen LogP contribution in [0.5, 0.6) is 5.75 Å². The van der Waals surface area contributed by atoms with Crippen LogP contribution in [0.25, 0.3) is 11.3 Å². The van der Waals surface area contributed by atoms with E-state index in [9.17, 15) is 9.50 Å². The highest BCUT2D eigenvalue weighted by Crippen LogP contribution is 2.38. The Balaban J connectivity index is 2.73. The summed E-state index contributed by atoms with van der Waals surface area (Å²) in [7, 11) is 0. The highest BCUT2D eigenvalue weighted by molar-refractivity contribution is 9.10. The minimum Gasteiger partial charge on any atom is -0.506 e. The van der Waals surface area contributed by atoms with Gasteiger partial charge in [-0.3, -0.25) is 5.10 Å². The van der Waals surface area contributed by atoms with Crippen molar-refractivity contribution in [2.45, 2.75) is 6.92 Å². The third kappa shape index (κ3) is 1.65. The highest BCUT2D eigenvalue weighted by atomic mass is 79.9. The van der Waals surface area contributed by atoms with Crippen LogP contribution in [0.4, 0.5) is 10.2 Å². The molecule has 2 aromatic rings. The summed E-state index contributed by atoms with van der Waals surface area (Å²) in [6.45, 7) is 1.58. The first-order valence-electron chi connectivity index (χ1n) is 4.49. The van der Waals surface area contributed by atoms with Gasteiger partial charge in [0.05, 0.1) is 10.2 Å². The lowest BCUT2D eigenvalue weighted by atomic mass is 10.0. The summed E-state index contributed by atoms with van der Waals surface area (Å²) < 4.78 is 13.8. The van der Waals surface area contributed by atoms with E-state index in [4.69, 9.17) is 5.73 Å². The summed E-state index contributed by atoms with van der Waals surface area (Å²) in [6.07, 6.45) is 0. The van der Waals surface area contributed by atoms with Crippen LogP contribution in [0.1, 0.15) is 5.56 Å². The summed E-state index contributed by atoms with van der Waals surface area (Å²) in [5.74, 6) is -0.162. The molecule has 16 heavy (non-hydrogen) atoms. The van der Waals surface area contributed by atoms with Crippen LogP contribution in [0.15, 0.2) is 16.6 Å². The van der Waals surface area contributed by atoms with Gasteiger partial charge >= 0.3 is 0 Å². The molecular weight excluding hydrogens is 277 g/mol. The Kier molecular flexibility index (Phi) is 2.59. The molecule has 1 heterocycles. The highest BCUT2D eigenvalue weighted by Gasteiger charge is 2.16. The van der Waals surface area contributed by atoms with Gasteiger partial charge in [0.15, 0.2) is 0 Å². The summed E-state index contributed by atoms with van der Waals surface area (Å²) >= 11 is 3.08. The second-order valence-electron chi connectivity index (χ2n) is 3.40. The first-order valence-corrected chi connectivity index (χ1v) is 5.29. The van der Waals surface area contributed by atoms with E-state index in [1.807, 2.05) is 0 Å². The monoisotopic (exact) mass is 285 g/mol. The number of nitrogens with zero attached hydrogens (tertiary/aromatic N) is 1. The normalized spacial score (nSPS) is 10.7. The van der Waals surface area contributed by atoms with Crippen molar-refractivity contribution in [2.24, 2.45) is 0 Å². The van der Waals surface area contributed by atoms with Crippen LogP contribution in [0, 0.1) is 12.7 Å². The molecule has 6 heteroatoms. The van der Waals surface area contributed by atoms with Crippen LogP contribution in [0.2, 0.25) is 0 Å². The summed E-state index contributed by atoms with van der Waals surface area (Å²) in [4.78, 5) is 0. The third-order valence-corrected chi connectivity index (χ3v) is 2.92. The van der Waals surface area contributed by atoms with Gasteiger partial charge in [0, 0.05) is 11.6 Å². The second kappa shape index (κ2) is 3.79. The quantitative estimate of drug-likeness (QED) is 0.754. The summed E-state index contributed by atoms with van der Waals surface area (Å²) in [5.41, 5.74) is 6.64. The average molecular weight is 286 g/mol. The van der Waals surface area contributed by atoms with Crippen molar-refractivity contribution in [3.05, 3.63) is 28.0 Å². The predicted octanol–water partition coefficient (Wildman–Crippen LogP) is 2.57. The lowest BCUT2D eigenvalue weighted by Crippen LogP contribution is -1.91. The summed E-state index contributed by atoms with van der Waals surface area (Å²) in [5, 5.41) is 16.2. The van der Waals surface area contributed by atoms with Crippen LogP contribution < -0.4 is 5.73 Å². The molecule has 0 atom stereocenters. The van der Waals surface area contributed by atoms with Gasteiger partial charge in [0.25, 0.3) is 0 Å². The average Bonchev–Trinajstić information content (AvgIpc) is 2.62. The molecule has 0 aliphatic carbocycles. The fourth-order valence-corrected chi connectivity index (χ4v) is 1.90. The number of benzene rings is 1. The number of hydrogen-bond donors (Lipinski definition) is 3. The molecule has 0 radical (unpaired) electrons. The fourth-order valence-electron chi connectivity index (χ4n) is 1.50. The first kappa shape index (κ1) is 10.9. The van der Waals surface area contributed by atoms with Crippen LogP contribution >= 0.6 is 15.9 Å². The second-order valence-corrected chi connectivity index (χ2v) is 4.25. The number of anilines is 1. The molecule has 4 nitrogen and oxygen atoms in total. The summed E-state index contributed by atoms with van der Waals surface area (Å²) in [6, 6.07) is 2.75. The number of hydrogen-bond acceptors (Lipinski definition) is 3. The molecule has 0 bridgehead atoms. The molecule has 0 spiro atoms. The van der Waals surface area contributed by atoms with E-state index < -0.39 is 5.82 Å². The Labute approximate surface area is 99.4 Å². The van der Waals surface area contributed by atoms with Crippen LogP contribution in [-0.4, -0.2) is 15.3 Å². The standard InChI is InChI=1S/C10H9BrFN3O/c1-4-6(12)2-5(11)10(16)9(4)7-3-8(13)15-14-7/h2-3,16H,1H3,(H3,13,14,15). The first-order chi connectivity index (χ1) is 7.50. The molecule has 0 fully saturated rings. The molecule has 1 aromatic carbocycles. The number of phenolic OH excluding ortho intramolecular Hbond substituents is 1. The topological polar surface area (TPSA) is 74.9 Å². The molecule has 2 rings (SSSR count). The Morgan fingerprint density at radius 2 is 2.19 bits per heavy atom. The Morgan fingerprint density at radius 3 is 2.75 bits per heavy atom. The van der Waals surface area contributed by atoms with Crippen molar-refractivity contribution in [2.75, 3.05) is 5.73 Å². The Bertz CT molecular complexity index is 527. The maximum absolute atomic E-state index is 13.5. The van der Waals surface area contributed by atoms with E-state index in [0.717, 1.165) is 0 Å². The predicted molar refractivity (Wildman–Crippen MR) is 62.5 cm³/mol. The molecule has 84 valence electrons. The number of phenols is 1. The molecule has 0 saturated carbocycles. The lowest BCUT2D eigenvalue weighted by molar-refractivity contribution is 0.470. The number of aromatic hydroxyl groups is 1. The smallest absolute Gasteiger partial charge is 0.145 e. The molecule has 0 aliphatic heterocycles. The van der Waals surface area contributed by atoms with Crippen LogP contribution in [-0.2, 0) is 0 Å². The zero-order valence-corrected chi connectivity index (χ0v) is 9.97. The van der Waals surface area contributed by atoms with E-state index in [1.165, 1.54) is 12.1 Å². The maximum Gasteiger partial charge on any atom is 0.145 e. The van der Waals surface area contributed by atoms with Gasteiger partial charge in [-0.2, -0.15) is 5.10 Å². The Morgan fingerprint density at radius 1 is 1.50 bits per heavy atom. The molecule has 0 unspecified atom stereocenters. The number of nitrogens with one attached hydrogen (secondary N) is 1. The molecule has 0 aliphatic rings. The van der Waals surface area contributed by atoms with Gasteiger partial charge in [0.1, 0.15) is 17.4 Å². The lowest BCUT2D eigenvalue weighted by Gasteiger charge is -2.09. The molecule has 0 amide bonds. The number of halogens is 2. The van der Waals surface area contributed by atoms with Gasteiger partial charge in [0.2, 0.25) is 0 Å². The fraction of sp³-hybridized carbons (Fsp3) is 0.100. The van der Waals surface area contributed by atoms with Gasteiger partial charge in [-0.25, -0.2) is 4.39 Å². The number of rotatable bonds is 1. The molecular formula is C10H9BrFN3O. The van der Waals surface area contributed by atoms with Gasteiger partial charge in [-0.1, -0.05) is 0 Å². The van der Waals surface area contributed by atoms with Gasteiger partial charge < -0.3 is 10.8 Å². The van der Waals surface area contributed by atoms with E-state index in [1.54, 1.807) is 6.92 Å². The number of aromatic nitrogens is 2. The minimum absolute atomic E-state index is 0.0393. The number of nitrogens with two attached hydrogens (primary N) is 1. The van der Waals surface area contributed by atoms with Crippen molar-refractivity contribution < 1.29 is 9.50 Å². The van der Waals surface area contributed by atoms with E-state index in [2.05, 4.69) is 26.1 Å². The number of H-pyrrole nitrogens is 1. The molecule has 1 aromatic heterocycles.